The van der Waals surface area contributed by atoms with Crippen LogP contribution in [0.2, 0.25) is 0 Å². The van der Waals surface area contributed by atoms with Crippen LogP contribution in [0.5, 0.6) is 0 Å². The standard InChI is InChI=1S/C8H9O4P/c9-8(6-13(10,11)12)7-4-2-1-3-5-7/h1-5H,6H2,(H2,10,11,12). The van der Waals surface area contributed by atoms with Crippen LogP contribution in [0.25, 0.3) is 0 Å². The second-order valence-electron chi connectivity index (χ2n) is 2.61. The minimum atomic E-state index is -4.24. The maximum Gasteiger partial charge on any atom is 0.333 e. The predicted octanol–water partition coefficient (Wildman–Crippen LogP) is 1.05. The number of Topliss-reactive ketones (excluding diaryl/α,β-unsaturated/α-hetero) is 1. The Labute approximate surface area is 75.4 Å². The van der Waals surface area contributed by atoms with E-state index in [0.29, 0.717) is 5.56 Å². The summed E-state index contributed by atoms with van der Waals surface area (Å²) in [5, 5.41) is 0. The molecule has 0 aliphatic heterocycles. The molecule has 0 unspecified atom stereocenters. The lowest BCUT2D eigenvalue weighted by atomic mass is 10.2. The summed E-state index contributed by atoms with van der Waals surface area (Å²) in [7, 11) is -4.24. The van der Waals surface area contributed by atoms with E-state index in [1.165, 1.54) is 12.1 Å². The van der Waals surface area contributed by atoms with Gasteiger partial charge in [-0.1, -0.05) is 30.3 Å². The molecular weight excluding hydrogens is 191 g/mol. The fraction of sp³-hybridized carbons (Fsp3) is 0.125. The Balaban J connectivity index is 2.76. The highest BCUT2D eigenvalue weighted by molar-refractivity contribution is 7.52. The normalized spacial score (nSPS) is 11.2. The van der Waals surface area contributed by atoms with E-state index in [2.05, 4.69) is 0 Å². The number of ketones is 1. The molecule has 13 heavy (non-hydrogen) atoms. The van der Waals surface area contributed by atoms with Crippen molar-refractivity contribution in [1.82, 2.24) is 0 Å². The van der Waals surface area contributed by atoms with Crippen molar-refractivity contribution in [3.63, 3.8) is 0 Å². The summed E-state index contributed by atoms with van der Waals surface area (Å²) < 4.78 is 10.5. The third-order valence-electron chi connectivity index (χ3n) is 1.45. The third kappa shape index (κ3) is 3.51. The molecule has 0 aliphatic carbocycles. The number of benzene rings is 1. The van der Waals surface area contributed by atoms with Crippen molar-refractivity contribution in [2.75, 3.05) is 6.16 Å². The summed E-state index contributed by atoms with van der Waals surface area (Å²) >= 11 is 0. The highest BCUT2D eigenvalue weighted by Gasteiger charge is 2.19. The van der Waals surface area contributed by atoms with E-state index in [1.54, 1.807) is 18.2 Å². The SMILES string of the molecule is O=C(CP(=O)(O)O)c1ccccc1. The quantitative estimate of drug-likeness (QED) is 0.564. The van der Waals surface area contributed by atoms with Gasteiger partial charge in [-0.15, -0.1) is 0 Å². The van der Waals surface area contributed by atoms with E-state index in [9.17, 15) is 9.36 Å². The van der Waals surface area contributed by atoms with Crippen LogP contribution in [0, 0.1) is 0 Å². The molecule has 2 N–H and O–H groups in total. The molecule has 0 spiro atoms. The molecule has 0 aliphatic rings. The average Bonchev–Trinajstić information content (AvgIpc) is 2.03. The Morgan fingerprint density at radius 2 is 1.77 bits per heavy atom. The molecule has 0 aromatic heterocycles. The number of hydrogen-bond donors (Lipinski definition) is 2. The molecule has 0 heterocycles. The van der Waals surface area contributed by atoms with Crippen LogP contribution >= 0.6 is 7.60 Å². The van der Waals surface area contributed by atoms with Crippen LogP contribution in [0.4, 0.5) is 0 Å². The molecule has 4 nitrogen and oxygen atoms in total. The van der Waals surface area contributed by atoms with Crippen molar-refractivity contribution in [2.45, 2.75) is 0 Å². The molecule has 0 saturated carbocycles. The first-order valence-electron chi connectivity index (χ1n) is 3.62. The van der Waals surface area contributed by atoms with Gasteiger partial charge >= 0.3 is 7.60 Å². The molecule has 0 saturated heterocycles. The summed E-state index contributed by atoms with van der Waals surface area (Å²) in [6, 6.07) is 8.07. The van der Waals surface area contributed by atoms with E-state index in [4.69, 9.17) is 9.79 Å². The Hall–Kier alpha value is -0.960. The van der Waals surface area contributed by atoms with Crippen LogP contribution in [-0.4, -0.2) is 21.7 Å². The zero-order valence-electron chi connectivity index (χ0n) is 6.75. The van der Waals surface area contributed by atoms with Gasteiger partial charge in [0.1, 0.15) is 6.16 Å². The number of carbonyl (C=O) groups is 1. The van der Waals surface area contributed by atoms with Gasteiger partial charge in [-0.3, -0.25) is 9.36 Å². The zero-order valence-corrected chi connectivity index (χ0v) is 7.65. The van der Waals surface area contributed by atoms with Gasteiger partial charge in [-0.2, -0.15) is 0 Å². The van der Waals surface area contributed by atoms with Gasteiger partial charge in [0.2, 0.25) is 0 Å². The average molecular weight is 200 g/mol. The van der Waals surface area contributed by atoms with E-state index in [0.717, 1.165) is 0 Å². The zero-order chi connectivity index (χ0) is 9.90. The van der Waals surface area contributed by atoms with Crippen molar-refractivity contribution in [3.8, 4) is 0 Å². The van der Waals surface area contributed by atoms with E-state index < -0.39 is 19.5 Å². The van der Waals surface area contributed by atoms with Crippen molar-refractivity contribution in [1.29, 1.82) is 0 Å². The summed E-state index contributed by atoms with van der Waals surface area (Å²) in [4.78, 5) is 28.2. The lowest BCUT2D eigenvalue weighted by Gasteiger charge is -2.02. The Bertz CT molecular complexity index is 340. The molecule has 1 rings (SSSR count). The fourth-order valence-electron chi connectivity index (χ4n) is 0.902. The van der Waals surface area contributed by atoms with Gasteiger partial charge in [0.25, 0.3) is 0 Å². The molecule has 1 aromatic rings. The van der Waals surface area contributed by atoms with Gasteiger partial charge in [-0.25, -0.2) is 0 Å². The predicted molar refractivity (Wildman–Crippen MR) is 47.7 cm³/mol. The van der Waals surface area contributed by atoms with Gasteiger partial charge in [0.05, 0.1) is 0 Å². The van der Waals surface area contributed by atoms with Crippen molar-refractivity contribution in [2.24, 2.45) is 0 Å². The van der Waals surface area contributed by atoms with Gasteiger partial charge in [0, 0.05) is 5.56 Å². The monoisotopic (exact) mass is 200 g/mol. The molecule has 0 atom stereocenters. The summed E-state index contributed by atoms with van der Waals surface area (Å²) in [6.45, 7) is 0. The first-order chi connectivity index (χ1) is 5.99. The Kier molecular flexibility index (Phi) is 2.98. The highest BCUT2D eigenvalue weighted by Crippen LogP contribution is 2.34. The number of hydrogen-bond acceptors (Lipinski definition) is 2. The molecule has 0 fully saturated rings. The molecule has 1 aromatic carbocycles. The van der Waals surface area contributed by atoms with Crippen molar-refractivity contribution < 1.29 is 19.1 Å². The summed E-state index contributed by atoms with van der Waals surface area (Å²) in [5.74, 6) is -0.533. The van der Waals surface area contributed by atoms with Gasteiger partial charge < -0.3 is 9.79 Å². The van der Waals surface area contributed by atoms with Crippen molar-refractivity contribution in [3.05, 3.63) is 35.9 Å². The molecule has 70 valence electrons. The van der Waals surface area contributed by atoms with Crippen LogP contribution < -0.4 is 0 Å². The van der Waals surface area contributed by atoms with Crippen LogP contribution in [0.1, 0.15) is 10.4 Å². The van der Waals surface area contributed by atoms with E-state index in [1.807, 2.05) is 0 Å². The van der Waals surface area contributed by atoms with Crippen LogP contribution in [0.15, 0.2) is 30.3 Å². The second-order valence-corrected chi connectivity index (χ2v) is 4.26. The second kappa shape index (κ2) is 3.83. The first kappa shape index (κ1) is 10.1. The maximum absolute atomic E-state index is 11.2. The minimum absolute atomic E-state index is 0.325. The number of rotatable bonds is 3. The summed E-state index contributed by atoms with van der Waals surface area (Å²) in [6.07, 6.45) is -0.725. The molecular formula is C8H9O4P. The smallest absolute Gasteiger partial charge is 0.324 e. The number of carbonyl (C=O) groups excluding carboxylic acids is 1. The lowest BCUT2D eigenvalue weighted by molar-refractivity contribution is 0.101. The Morgan fingerprint density at radius 1 is 1.23 bits per heavy atom. The Morgan fingerprint density at radius 3 is 2.23 bits per heavy atom. The largest absolute Gasteiger partial charge is 0.333 e. The third-order valence-corrected chi connectivity index (χ3v) is 2.14. The van der Waals surface area contributed by atoms with Gasteiger partial charge in [0.15, 0.2) is 5.78 Å². The topological polar surface area (TPSA) is 74.6 Å². The van der Waals surface area contributed by atoms with Crippen LogP contribution in [-0.2, 0) is 4.57 Å². The maximum atomic E-state index is 11.2. The van der Waals surface area contributed by atoms with E-state index in [-0.39, 0.29) is 0 Å². The molecule has 0 radical (unpaired) electrons. The molecule has 0 bridgehead atoms. The van der Waals surface area contributed by atoms with E-state index >= 15 is 0 Å². The highest BCUT2D eigenvalue weighted by atomic mass is 31.2. The molecule has 0 amide bonds. The fourth-order valence-corrected chi connectivity index (χ4v) is 1.46. The van der Waals surface area contributed by atoms with Crippen molar-refractivity contribution >= 4 is 13.4 Å². The molecule has 5 heteroatoms. The van der Waals surface area contributed by atoms with Crippen LogP contribution in [0.3, 0.4) is 0 Å². The lowest BCUT2D eigenvalue weighted by Crippen LogP contribution is -2.05. The first-order valence-corrected chi connectivity index (χ1v) is 5.41. The van der Waals surface area contributed by atoms with Gasteiger partial charge in [-0.05, 0) is 0 Å². The summed E-state index contributed by atoms with van der Waals surface area (Å²) in [5.41, 5.74) is 0.325. The minimum Gasteiger partial charge on any atom is -0.324 e.